The Bertz CT molecular complexity index is 382. The standard InChI is InChI=1S/C11H14Cl2N2O/c1-14-11(16)15(2)6-5-8-3-4-9(12)7-10(8)13/h3-4,7H,5-6H2,1-2H3,(H,14,16). The summed E-state index contributed by atoms with van der Waals surface area (Å²) in [5.74, 6) is 0. The Kier molecular flexibility index (Phi) is 4.90. The number of carbonyl (C=O) groups is 1. The van der Waals surface area contributed by atoms with Crippen LogP contribution in [0.1, 0.15) is 5.56 Å². The van der Waals surface area contributed by atoms with Gasteiger partial charge in [0.1, 0.15) is 0 Å². The minimum atomic E-state index is -0.106. The molecule has 16 heavy (non-hydrogen) atoms. The Balaban J connectivity index is 2.58. The number of hydrogen-bond acceptors (Lipinski definition) is 1. The number of benzene rings is 1. The van der Waals surface area contributed by atoms with Crippen molar-refractivity contribution in [1.29, 1.82) is 0 Å². The predicted molar refractivity (Wildman–Crippen MR) is 67.3 cm³/mol. The maximum atomic E-state index is 11.2. The van der Waals surface area contributed by atoms with E-state index >= 15 is 0 Å². The molecule has 0 heterocycles. The van der Waals surface area contributed by atoms with Crippen LogP contribution < -0.4 is 5.32 Å². The van der Waals surface area contributed by atoms with E-state index in [1.54, 1.807) is 31.1 Å². The molecule has 0 atom stereocenters. The number of amides is 2. The van der Waals surface area contributed by atoms with Crippen LogP contribution in [0.5, 0.6) is 0 Å². The molecule has 1 rings (SSSR count). The summed E-state index contributed by atoms with van der Waals surface area (Å²) in [4.78, 5) is 12.8. The quantitative estimate of drug-likeness (QED) is 0.891. The van der Waals surface area contributed by atoms with Crippen molar-refractivity contribution >= 4 is 29.2 Å². The molecule has 0 aliphatic rings. The van der Waals surface area contributed by atoms with E-state index in [9.17, 15) is 4.79 Å². The molecule has 0 aromatic heterocycles. The Labute approximate surface area is 105 Å². The molecular formula is C11H14Cl2N2O. The van der Waals surface area contributed by atoms with Gasteiger partial charge < -0.3 is 10.2 Å². The van der Waals surface area contributed by atoms with Gasteiger partial charge >= 0.3 is 6.03 Å². The van der Waals surface area contributed by atoms with Crippen molar-refractivity contribution in [3.05, 3.63) is 33.8 Å². The number of likely N-dealkylation sites (N-methyl/N-ethyl adjacent to an activating group) is 1. The molecule has 1 aromatic rings. The molecular weight excluding hydrogens is 247 g/mol. The van der Waals surface area contributed by atoms with Gasteiger partial charge in [-0.3, -0.25) is 0 Å². The number of hydrogen-bond donors (Lipinski definition) is 1. The molecule has 1 aromatic carbocycles. The van der Waals surface area contributed by atoms with Gasteiger partial charge in [-0.2, -0.15) is 0 Å². The molecule has 0 bridgehead atoms. The van der Waals surface area contributed by atoms with Crippen LogP contribution in [0.2, 0.25) is 10.0 Å². The molecule has 88 valence electrons. The van der Waals surface area contributed by atoms with E-state index in [1.165, 1.54) is 0 Å². The molecule has 0 fully saturated rings. The summed E-state index contributed by atoms with van der Waals surface area (Å²) in [6.45, 7) is 0.612. The van der Waals surface area contributed by atoms with Gasteiger partial charge in [0.05, 0.1) is 0 Å². The van der Waals surface area contributed by atoms with Crippen molar-refractivity contribution in [3.63, 3.8) is 0 Å². The molecule has 0 radical (unpaired) electrons. The van der Waals surface area contributed by atoms with Crippen LogP contribution in [0.25, 0.3) is 0 Å². The van der Waals surface area contributed by atoms with Gasteiger partial charge in [-0.25, -0.2) is 4.79 Å². The summed E-state index contributed by atoms with van der Waals surface area (Å²) in [6.07, 6.45) is 0.708. The highest BCUT2D eigenvalue weighted by atomic mass is 35.5. The van der Waals surface area contributed by atoms with Crippen molar-refractivity contribution in [1.82, 2.24) is 10.2 Å². The first-order valence-electron chi connectivity index (χ1n) is 4.91. The van der Waals surface area contributed by atoms with Crippen molar-refractivity contribution < 1.29 is 4.79 Å². The van der Waals surface area contributed by atoms with E-state index in [4.69, 9.17) is 23.2 Å². The number of carbonyl (C=O) groups excluding carboxylic acids is 1. The SMILES string of the molecule is CNC(=O)N(C)CCc1ccc(Cl)cc1Cl. The van der Waals surface area contributed by atoms with Gasteiger partial charge in [0.25, 0.3) is 0 Å². The van der Waals surface area contributed by atoms with Crippen LogP contribution in [0.3, 0.4) is 0 Å². The predicted octanol–water partition coefficient (Wildman–Crippen LogP) is 2.81. The molecule has 0 unspecified atom stereocenters. The van der Waals surface area contributed by atoms with Crippen LogP contribution in [-0.4, -0.2) is 31.6 Å². The van der Waals surface area contributed by atoms with Gasteiger partial charge in [-0.1, -0.05) is 29.3 Å². The zero-order valence-electron chi connectivity index (χ0n) is 9.26. The smallest absolute Gasteiger partial charge is 0.316 e. The molecule has 1 N–H and O–H groups in total. The third-order valence-corrected chi connectivity index (χ3v) is 2.88. The zero-order valence-corrected chi connectivity index (χ0v) is 10.8. The number of halogens is 2. The van der Waals surface area contributed by atoms with Crippen LogP contribution in [-0.2, 0) is 6.42 Å². The van der Waals surface area contributed by atoms with Gasteiger partial charge in [0.2, 0.25) is 0 Å². The van der Waals surface area contributed by atoms with Crippen molar-refractivity contribution in [2.75, 3.05) is 20.6 Å². The summed E-state index contributed by atoms with van der Waals surface area (Å²) in [6, 6.07) is 5.27. The largest absolute Gasteiger partial charge is 0.341 e. The molecule has 0 saturated heterocycles. The van der Waals surface area contributed by atoms with Crippen LogP contribution in [0.4, 0.5) is 4.79 Å². The van der Waals surface area contributed by atoms with E-state index < -0.39 is 0 Å². The van der Waals surface area contributed by atoms with Crippen LogP contribution >= 0.6 is 23.2 Å². The normalized spacial score (nSPS) is 10.0. The van der Waals surface area contributed by atoms with Gasteiger partial charge in [-0.15, -0.1) is 0 Å². The Morgan fingerprint density at radius 3 is 2.69 bits per heavy atom. The minimum Gasteiger partial charge on any atom is -0.341 e. The Morgan fingerprint density at radius 2 is 2.12 bits per heavy atom. The maximum Gasteiger partial charge on any atom is 0.316 e. The molecule has 0 saturated carbocycles. The van der Waals surface area contributed by atoms with E-state index in [1.807, 2.05) is 6.07 Å². The average Bonchev–Trinajstić information content (AvgIpc) is 2.26. The van der Waals surface area contributed by atoms with Gasteiger partial charge in [-0.05, 0) is 24.1 Å². The van der Waals surface area contributed by atoms with Gasteiger partial charge in [0, 0.05) is 30.7 Å². The first-order chi connectivity index (χ1) is 7.54. The van der Waals surface area contributed by atoms with Crippen LogP contribution in [0, 0.1) is 0 Å². The molecule has 5 heteroatoms. The molecule has 3 nitrogen and oxygen atoms in total. The number of nitrogens with zero attached hydrogens (tertiary/aromatic N) is 1. The lowest BCUT2D eigenvalue weighted by molar-refractivity contribution is 0.211. The third-order valence-electron chi connectivity index (χ3n) is 2.29. The highest BCUT2D eigenvalue weighted by molar-refractivity contribution is 6.35. The summed E-state index contributed by atoms with van der Waals surface area (Å²) in [5, 5.41) is 3.81. The summed E-state index contributed by atoms with van der Waals surface area (Å²) in [7, 11) is 3.34. The summed E-state index contributed by atoms with van der Waals surface area (Å²) >= 11 is 11.8. The van der Waals surface area contributed by atoms with Crippen LogP contribution in [0.15, 0.2) is 18.2 Å². The highest BCUT2D eigenvalue weighted by Gasteiger charge is 2.07. The Hall–Kier alpha value is -0.930. The average molecular weight is 261 g/mol. The Morgan fingerprint density at radius 1 is 1.44 bits per heavy atom. The lowest BCUT2D eigenvalue weighted by Crippen LogP contribution is -2.36. The molecule has 0 aliphatic heterocycles. The first-order valence-corrected chi connectivity index (χ1v) is 5.67. The van der Waals surface area contributed by atoms with E-state index in [0.29, 0.717) is 23.0 Å². The lowest BCUT2D eigenvalue weighted by Gasteiger charge is -2.16. The van der Waals surface area contributed by atoms with E-state index in [2.05, 4.69) is 5.32 Å². The van der Waals surface area contributed by atoms with Crippen molar-refractivity contribution in [2.45, 2.75) is 6.42 Å². The topological polar surface area (TPSA) is 32.3 Å². The molecule has 0 spiro atoms. The second-order valence-corrected chi connectivity index (χ2v) is 4.31. The lowest BCUT2D eigenvalue weighted by atomic mass is 10.1. The maximum absolute atomic E-state index is 11.2. The van der Waals surface area contributed by atoms with Gasteiger partial charge in [0.15, 0.2) is 0 Å². The summed E-state index contributed by atoms with van der Waals surface area (Å²) < 4.78 is 0. The minimum absolute atomic E-state index is 0.106. The van der Waals surface area contributed by atoms with E-state index in [0.717, 1.165) is 5.56 Å². The molecule has 0 aliphatic carbocycles. The fourth-order valence-corrected chi connectivity index (χ4v) is 1.81. The molecule has 2 amide bonds. The fraction of sp³-hybridized carbons (Fsp3) is 0.364. The van der Waals surface area contributed by atoms with Crippen molar-refractivity contribution in [3.8, 4) is 0 Å². The second-order valence-electron chi connectivity index (χ2n) is 3.46. The van der Waals surface area contributed by atoms with E-state index in [-0.39, 0.29) is 6.03 Å². The van der Waals surface area contributed by atoms with Crippen molar-refractivity contribution in [2.24, 2.45) is 0 Å². The first kappa shape index (κ1) is 13.1. The second kappa shape index (κ2) is 5.97. The number of nitrogens with one attached hydrogen (secondary N) is 1. The summed E-state index contributed by atoms with van der Waals surface area (Å²) in [5.41, 5.74) is 0.988. The third kappa shape index (κ3) is 3.58. The monoisotopic (exact) mass is 260 g/mol. The fourth-order valence-electron chi connectivity index (χ4n) is 1.30. The highest BCUT2D eigenvalue weighted by Crippen LogP contribution is 2.21. The zero-order chi connectivity index (χ0) is 12.1. The number of rotatable bonds is 3. The number of urea groups is 1.